The fraction of sp³-hybridized carbons (Fsp3) is 0.875. The fourth-order valence-electron chi connectivity index (χ4n) is 7.05. The SMILES string of the molecule is CC(C)(C)C(=O)OC1CCC2(C)C(=CCC3C4CCCC4(C)CCC32)C1. The average molecular weight is 359 g/mol. The van der Waals surface area contributed by atoms with Crippen molar-refractivity contribution in [3.05, 3.63) is 11.6 Å². The molecule has 0 aromatic heterocycles. The van der Waals surface area contributed by atoms with Gasteiger partial charge in [0.1, 0.15) is 6.10 Å². The zero-order valence-corrected chi connectivity index (χ0v) is 17.6. The molecule has 0 radical (unpaired) electrons. The first-order chi connectivity index (χ1) is 12.1. The Bertz CT molecular complexity index is 612. The summed E-state index contributed by atoms with van der Waals surface area (Å²) in [6.45, 7) is 11.0. The second kappa shape index (κ2) is 6.11. The smallest absolute Gasteiger partial charge is 0.311 e. The van der Waals surface area contributed by atoms with Crippen LogP contribution < -0.4 is 0 Å². The lowest BCUT2D eigenvalue weighted by molar-refractivity contribution is -0.160. The minimum absolute atomic E-state index is 0.0419. The molecular weight excluding hydrogens is 320 g/mol. The third-order valence-electron chi connectivity index (χ3n) is 8.73. The van der Waals surface area contributed by atoms with Gasteiger partial charge in [-0.1, -0.05) is 31.9 Å². The molecule has 4 rings (SSSR count). The molecule has 4 aliphatic rings. The lowest BCUT2D eigenvalue weighted by Gasteiger charge is -2.57. The van der Waals surface area contributed by atoms with Crippen LogP contribution in [0, 0.1) is 34.0 Å². The van der Waals surface area contributed by atoms with Gasteiger partial charge in [-0.25, -0.2) is 0 Å². The number of esters is 1. The topological polar surface area (TPSA) is 26.3 Å². The summed E-state index contributed by atoms with van der Waals surface area (Å²) in [5.41, 5.74) is 2.20. The van der Waals surface area contributed by atoms with E-state index in [1.165, 1.54) is 44.9 Å². The van der Waals surface area contributed by atoms with E-state index in [1.807, 2.05) is 20.8 Å². The Morgan fingerprint density at radius 3 is 2.58 bits per heavy atom. The van der Waals surface area contributed by atoms with Gasteiger partial charge in [-0.3, -0.25) is 4.79 Å². The van der Waals surface area contributed by atoms with Crippen molar-refractivity contribution in [1.29, 1.82) is 0 Å². The van der Waals surface area contributed by atoms with Gasteiger partial charge in [0, 0.05) is 6.42 Å². The first kappa shape index (κ1) is 18.6. The molecule has 0 aromatic carbocycles. The molecular formula is C24H38O2. The maximum atomic E-state index is 12.3. The molecule has 4 aliphatic carbocycles. The summed E-state index contributed by atoms with van der Waals surface area (Å²) in [5, 5.41) is 0. The molecule has 2 nitrogen and oxygen atoms in total. The van der Waals surface area contributed by atoms with Crippen molar-refractivity contribution in [3.63, 3.8) is 0 Å². The van der Waals surface area contributed by atoms with Crippen LogP contribution in [0.15, 0.2) is 11.6 Å². The molecule has 3 saturated carbocycles. The number of hydrogen-bond donors (Lipinski definition) is 0. The first-order valence-electron chi connectivity index (χ1n) is 11.0. The number of fused-ring (bicyclic) bond motifs is 5. The molecule has 2 heteroatoms. The van der Waals surface area contributed by atoms with Crippen molar-refractivity contribution in [2.24, 2.45) is 34.0 Å². The van der Waals surface area contributed by atoms with Gasteiger partial charge in [0.2, 0.25) is 0 Å². The largest absolute Gasteiger partial charge is 0.462 e. The summed E-state index contributed by atoms with van der Waals surface area (Å²) in [7, 11) is 0. The van der Waals surface area contributed by atoms with Gasteiger partial charge < -0.3 is 4.74 Å². The van der Waals surface area contributed by atoms with E-state index in [4.69, 9.17) is 4.74 Å². The second-order valence-electron chi connectivity index (χ2n) is 11.4. The van der Waals surface area contributed by atoms with E-state index in [9.17, 15) is 4.79 Å². The highest BCUT2D eigenvalue weighted by Gasteiger charge is 2.56. The summed E-state index contributed by atoms with van der Waals surface area (Å²) in [6, 6.07) is 0. The predicted octanol–water partition coefficient (Wildman–Crippen LogP) is 6.30. The van der Waals surface area contributed by atoms with Crippen LogP contribution in [0.3, 0.4) is 0 Å². The minimum atomic E-state index is -0.400. The zero-order chi connectivity index (χ0) is 18.7. The Morgan fingerprint density at radius 2 is 1.85 bits per heavy atom. The predicted molar refractivity (Wildman–Crippen MR) is 106 cm³/mol. The molecule has 0 heterocycles. The molecule has 26 heavy (non-hydrogen) atoms. The van der Waals surface area contributed by atoms with E-state index in [1.54, 1.807) is 5.57 Å². The van der Waals surface area contributed by atoms with Crippen LogP contribution in [0.2, 0.25) is 0 Å². The molecule has 0 aromatic rings. The summed E-state index contributed by atoms with van der Waals surface area (Å²) in [5.74, 6) is 2.67. The van der Waals surface area contributed by atoms with Gasteiger partial charge in [0.25, 0.3) is 0 Å². The number of ether oxygens (including phenoxy) is 1. The maximum Gasteiger partial charge on any atom is 0.311 e. The van der Waals surface area contributed by atoms with Gasteiger partial charge in [-0.05, 0) is 94.3 Å². The van der Waals surface area contributed by atoms with Crippen LogP contribution in [0.25, 0.3) is 0 Å². The number of hydrogen-bond acceptors (Lipinski definition) is 2. The summed E-state index contributed by atoms with van der Waals surface area (Å²) in [6.07, 6.45) is 14.4. The minimum Gasteiger partial charge on any atom is -0.462 e. The van der Waals surface area contributed by atoms with Crippen molar-refractivity contribution in [2.75, 3.05) is 0 Å². The Hall–Kier alpha value is -0.790. The van der Waals surface area contributed by atoms with Crippen LogP contribution in [0.5, 0.6) is 0 Å². The van der Waals surface area contributed by atoms with E-state index < -0.39 is 5.41 Å². The van der Waals surface area contributed by atoms with E-state index in [-0.39, 0.29) is 12.1 Å². The van der Waals surface area contributed by atoms with Gasteiger partial charge in [0.15, 0.2) is 0 Å². The Morgan fingerprint density at radius 1 is 1.08 bits per heavy atom. The number of allylic oxidation sites excluding steroid dienone is 1. The van der Waals surface area contributed by atoms with Crippen molar-refractivity contribution in [1.82, 2.24) is 0 Å². The van der Waals surface area contributed by atoms with Gasteiger partial charge in [0.05, 0.1) is 5.41 Å². The Labute approximate surface area is 160 Å². The number of carbonyl (C=O) groups is 1. The van der Waals surface area contributed by atoms with Crippen molar-refractivity contribution in [2.45, 2.75) is 98.5 Å². The lowest BCUT2D eigenvalue weighted by Crippen LogP contribution is -2.49. The van der Waals surface area contributed by atoms with E-state index in [2.05, 4.69) is 19.9 Å². The molecule has 0 amide bonds. The highest BCUT2D eigenvalue weighted by molar-refractivity contribution is 5.75. The molecule has 0 bridgehead atoms. The molecule has 0 aliphatic heterocycles. The highest BCUT2D eigenvalue weighted by atomic mass is 16.5. The van der Waals surface area contributed by atoms with E-state index in [0.29, 0.717) is 10.8 Å². The number of rotatable bonds is 1. The van der Waals surface area contributed by atoms with Crippen LogP contribution in [-0.4, -0.2) is 12.1 Å². The average Bonchev–Trinajstić information content (AvgIpc) is 2.96. The van der Waals surface area contributed by atoms with E-state index >= 15 is 0 Å². The molecule has 3 fully saturated rings. The fourth-order valence-corrected chi connectivity index (χ4v) is 7.05. The lowest BCUT2D eigenvalue weighted by atomic mass is 9.48. The van der Waals surface area contributed by atoms with E-state index in [0.717, 1.165) is 30.6 Å². The molecule has 146 valence electrons. The van der Waals surface area contributed by atoms with Crippen LogP contribution >= 0.6 is 0 Å². The number of carbonyl (C=O) groups excluding carboxylic acids is 1. The Balaban J connectivity index is 1.51. The van der Waals surface area contributed by atoms with Crippen LogP contribution in [-0.2, 0) is 9.53 Å². The summed E-state index contributed by atoms with van der Waals surface area (Å²) >= 11 is 0. The third kappa shape index (κ3) is 2.87. The molecule has 0 spiro atoms. The van der Waals surface area contributed by atoms with Gasteiger partial charge in [-0.2, -0.15) is 0 Å². The summed E-state index contributed by atoms with van der Waals surface area (Å²) < 4.78 is 5.89. The molecule has 0 saturated heterocycles. The highest BCUT2D eigenvalue weighted by Crippen LogP contribution is 2.64. The molecule has 6 unspecified atom stereocenters. The molecule has 0 N–H and O–H groups in total. The Kier molecular flexibility index (Phi) is 4.36. The van der Waals surface area contributed by atoms with Crippen molar-refractivity contribution >= 4 is 5.97 Å². The first-order valence-corrected chi connectivity index (χ1v) is 11.0. The van der Waals surface area contributed by atoms with Crippen LogP contribution in [0.4, 0.5) is 0 Å². The van der Waals surface area contributed by atoms with Crippen molar-refractivity contribution in [3.8, 4) is 0 Å². The summed E-state index contributed by atoms with van der Waals surface area (Å²) in [4.78, 5) is 12.3. The zero-order valence-electron chi connectivity index (χ0n) is 17.6. The van der Waals surface area contributed by atoms with Crippen LogP contribution in [0.1, 0.15) is 92.4 Å². The maximum absolute atomic E-state index is 12.3. The van der Waals surface area contributed by atoms with Gasteiger partial charge >= 0.3 is 5.97 Å². The molecule has 6 atom stereocenters. The third-order valence-corrected chi connectivity index (χ3v) is 8.73. The van der Waals surface area contributed by atoms with Crippen molar-refractivity contribution < 1.29 is 9.53 Å². The monoisotopic (exact) mass is 358 g/mol. The standard InChI is InChI=1S/C24H38O2/c1-22(2,3)21(25)26-17-10-14-24(5)16(15-17)8-9-18-19-7-6-12-23(19,4)13-11-20(18)24/h8,17-20H,6-7,9-15H2,1-5H3. The van der Waals surface area contributed by atoms with Gasteiger partial charge in [-0.15, -0.1) is 0 Å². The second-order valence-corrected chi connectivity index (χ2v) is 11.4. The quantitative estimate of drug-likeness (QED) is 0.406. The normalized spacial score (nSPS) is 45.2.